The Morgan fingerprint density at radius 2 is 2.29 bits per heavy atom. The molecule has 2 N–H and O–H groups in total. The third-order valence-electron chi connectivity index (χ3n) is 4.14. The monoisotopic (exact) mass is 306 g/mol. The van der Waals surface area contributed by atoms with E-state index in [0.717, 1.165) is 35.6 Å². The first kappa shape index (κ1) is 14.5. The third kappa shape index (κ3) is 2.70. The van der Waals surface area contributed by atoms with E-state index >= 15 is 0 Å². The van der Waals surface area contributed by atoms with Crippen LogP contribution in [0.3, 0.4) is 0 Å². The van der Waals surface area contributed by atoms with Crippen molar-refractivity contribution in [1.82, 2.24) is 9.97 Å². The number of aromatic nitrogens is 2. The van der Waals surface area contributed by atoms with Crippen LogP contribution >= 0.6 is 11.3 Å². The molecule has 1 saturated heterocycles. The molecule has 0 radical (unpaired) electrons. The van der Waals surface area contributed by atoms with Gasteiger partial charge in [0.2, 0.25) is 5.95 Å². The molecule has 5 nitrogen and oxygen atoms in total. The lowest BCUT2D eigenvalue weighted by atomic mass is 9.94. The van der Waals surface area contributed by atoms with Crippen molar-refractivity contribution in [2.75, 3.05) is 23.8 Å². The van der Waals surface area contributed by atoms with Crippen LogP contribution in [0.5, 0.6) is 0 Å². The predicted octanol–water partition coefficient (Wildman–Crippen LogP) is 3.41. The zero-order valence-electron chi connectivity index (χ0n) is 13.0. The van der Waals surface area contributed by atoms with Crippen LogP contribution in [-0.2, 0) is 4.74 Å². The van der Waals surface area contributed by atoms with E-state index in [1.54, 1.807) is 11.3 Å². The van der Waals surface area contributed by atoms with Crippen molar-refractivity contribution in [3.63, 3.8) is 0 Å². The van der Waals surface area contributed by atoms with Gasteiger partial charge >= 0.3 is 0 Å². The van der Waals surface area contributed by atoms with E-state index in [1.165, 1.54) is 4.88 Å². The van der Waals surface area contributed by atoms with Crippen LogP contribution in [0, 0.1) is 6.92 Å². The molecule has 1 fully saturated rings. The van der Waals surface area contributed by atoms with Crippen LogP contribution in [0.1, 0.15) is 32.1 Å². The van der Waals surface area contributed by atoms with Crippen molar-refractivity contribution >= 4 is 33.3 Å². The number of ether oxygens (including phenoxy) is 1. The number of anilines is 2. The first-order valence-electron chi connectivity index (χ1n) is 7.43. The van der Waals surface area contributed by atoms with Gasteiger partial charge in [0.1, 0.15) is 10.6 Å². The molecule has 1 aliphatic heterocycles. The topological polar surface area (TPSA) is 59.1 Å². The van der Waals surface area contributed by atoms with Gasteiger partial charge in [0.25, 0.3) is 0 Å². The van der Waals surface area contributed by atoms with Gasteiger partial charge in [-0.05, 0) is 40.2 Å². The Balaban J connectivity index is 2.03. The van der Waals surface area contributed by atoms with Crippen LogP contribution in [-0.4, -0.2) is 34.8 Å². The molecule has 114 valence electrons. The minimum Gasteiger partial charge on any atom is -0.376 e. The largest absolute Gasteiger partial charge is 0.376 e. The first-order valence-corrected chi connectivity index (χ1v) is 8.25. The van der Waals surface area contributed by atoms with Gasteiger partial charge in [0.05, 0.1) is 17.0 Å². The molecule has 2 aromatic rings. The Labute approximate surface area is 129 Å². The minimum atomic E-state index is -0.0827. The highest BCUT2D eigenvalue weighted by Gasteiger charge is 2.37. The highest BCUT2D eigenvalue weighted by molar-refractivity contribution is 7.18. The summed E-state index contributed by atoms with van der Waals surface area (Å²) in [4.78, 5) is 11.5. The molecule has 2 unspecified atom stereocenters. The maximum absolute atomic E-state index is 5.72. The molecule has 0 aliphatic carbocycles. The second-order valence-corrected chi connectivity index (χ2v) is 7.04. The smallest absolute Gasteiger partial charge is 0.226 e. The summed E-state index contributed by atoms with van der Waals surface area (Å²) in [6, 6.07) is 2.15. The summed E-state index contributed by atoms with van der Waals surface area (Å²) in [5.74, 6) is 1.59. The lowest BCUT2D eigenvalue weighted by Crippen LogP contribution is -2.41. The Kier molecular flexibility index (Phi) is 3.75. The first-order chi connectivity index (χ1) is 10.0. The normalized spacial score (nSPS) is 25.4. The minimum absolute atomic E-state index is 0.0827. The fourth-order valence-electron chi connectivity index (χ4n) is 2.64. The van der Waals surface area contributed by atoms with Gasteiger partial charge in [0, 0.05) is 18.0 Å². The SMILES string of the molecule is CCNc1nc(NC2(C)CCOC2C)c2cc(C)sc2n1. The van der Waals surface area contributed by atoms with Gasteiger partial charge in [-0.25, -0.2) is 4.98 Å². The number of nitrogens with zero attached hydrogens (tertiary/aromatic N) is 2. The number of thiophene rings is 1. The standard InChI is InChI=1S/C15H22N4OS/c1-5-16-14-17-12(11-8-9(2)21-13(11)18-14)19-15(4)6-7-20-10(15)3/h8,10H,5-7H2,1-4H3,(H2,16,17,18,19). The van der Waals surface area contributed by atoms with Gasteiger partial charge < -0.3 is 15.4 Å². The van der Waals surface area contributed by atoms with Gasteiger partial charge in [-0.1, -0.05) is 0 Å². The zero-order valence-corrected chi connectivity index (χ0v) is 13.8. The Bertz CT molecular complexity index is 656. The number of rotatable bonds is 4. The summed E-state index contributed by atoms with van der Waals surface area (Å²) in [6.45, 7) is 10.1. The lowest BCUT2D eigenvalue weighted by molar-refractivity contribution is 0.105. The van der Waals surface area contributed by atoms with Gasteiger partial charge in [-0.3, -0.25) is 0 Å². The molecule has 3 rings (SSSR count). The van der Waals surface area contributed by atoms with Crippen LogP contribution in [0.15, 0.2) is 6.07 Å². The van der Waals surface area contributed by atoms with Crippen molar-refractivity contribution < 1.29 is 4.74 Å². The molecular formula is C15H22N4OS. The fourth-order valence-corrected chi connectivity index (χ4v) is 3.52. The average Bonchev–Trinajstić information content (AvgIpc) is 2.94. The van der Waals surface area contributed by atoms with Crippen LogP contribution < -0.4 is 10.6 Å². The molecule has 0 amide bonds. The highest BCUT2D eigenvalue weighted by Crippen LogP contribution is 2.34. The quantitative estimate of drug-likeness (QED) is 0.906. The Hall–Kier alpha value is -1.40. The average molecular weight is 306 g/mol. The van der Waals surface area contributed by atoms with E-state index in [1.807, 2.05) is 0 Å². The summed E-state index contributed by atoms with van der Waals surface area (Å²) in [5.41, 5.74) is -0.0827. The molecule has 3 heterocycles. The third-order valence-corrected chi connectivity index (χ3v) is 5.09. The zero-order chi connectivity index (χ0) is 15.0. The van der Waals surface area contributed by atoms with E-state index in [9.17, 15) is 0 Å². The Morgan fingerprint density at radius 3 is 2.95 bits per heavy atom. The van der Waals surface area contributed by atoms with Crippen LogP contribution in [0.2, 0.25) is 0 Å². The maximum Gasteiger partial charge on any atom is 0.226 e. The van der Waals surface area contributed by atoms with E-state index in [-0.39, 0.29) is 11.6 Å². The molecule has 1 aliphatic rings. The molecule has 6 heteroatoms. The lowest BCUT2D eigenvalue weighted by Gasteiger charge is -2.29. The van der Waals surface area contributed by atoms with E-state index in [2.05, 4.69) is 54.4 Å². The van der Waals surface area contributed by atoms with Gasteiger partial charge in [-0.2, -0.15) is 4.98 Å². The van der Waals surface area contributed by atoms with Crippen molar-refractivity contribution in [1.29, 1.82) is 0 Å². The van der Waals surface area contributed by atoms with E-state index in [0.29, 0.717) is 5.95 Å². The maximum atomic E-state index is 5.72. The summed E-state index contributed by atoms with van der Waals surface area (Å²) in [7, 11) is 0. The molecule has 0 spiro atoms. The number of hydrogen-bond acceptors (Lipinski definition) is 6. The summed E-state index contributed by atoms with van der Waals surface area (Å²) in [5, 5.41) is 7.92. The van der Waals surface area contributed by atoms with E-state index in [4.69, 9.17) is 4.74 Å². The number of nitrogens with one attached hydrogen (secondary N) is 2. The van der Waals surface area contributed by atoms with E-state index < -0.39 is 0 Å². The van der Waals surface area contributed by atoms with Crippen molar-refractivity contribution in [3.05, 3.63) is 10.9 Å². The highest BCUT2D eigenvalue weighted by atomic mass is 32.1. The van der Waals surface area contributed by atoms with Crippen molar-refractivity contribution in [3.8, 4) is 0 Å². The molecule has 0 bridgehead atoms. The Morgan fingerprint density at radius 1 is 1.48 bits per heavy atom. The number of aryl methyl sites for hydroxylation is 1. The molecule has 0 saturated carbocycles. The molecule has 2 atom stereocenters. The molecule has 0 aromatic carbocycles. The fraction of sp³-hybridized carbons (Fsp3) is 0.600. The second-order valence-electron chi connectivity index (χ2n) is 5.81. The number of fused-ring (bicyclic) bond motifs is 1. The van der Waals surface area contributed by atoms with Gasteiger partial charge in [-0.15, -0.1) is 11.3 Å². The molecular weight excluding hydrogens is 284 g/mol. The van der Waals surface area contributed by atoms with Crippen molar-refractivity contribution in [2.24, 2.45) is 0 Å². The summed E-state index contributed by atoms with van der Waals surface area (Å²) in [6.07, 6.45) is 1.16. The summed E-state index contributed by atoms with van der Waals surface area (Å²) < 4.78 is 5.72. The van der Waals surface area contributed by atoms with Gasteiger partial charge in [0.15, 0.2) is 0 Å². The summed E-state index contributed by atoms with van der Waals surface area (Å²) >= 11 is 1.70. The van der Waals surface area contributed by atoms with Crippen LogP contribution in [0.25, 0.3) is 10.2 Å². The molecule has 2 aromatic heterocycles. The van der Waals surface area contributed by atoms with Crippen molar-refractivity contribution in [2.45, 2.75) is 45.8 Å². The predicted molar refractivity (Wildman–Crippen MR) is 88.4 cm³/mol. The van der Waals surface area contributed by atoms with Crippen LogP contribution in [0.4, 0.5) is 11.8 Å². The molecule has 21 heavy (non-hydrogen) atoms. The number of hydrogen-bond donors (Lipinski definition) is 2. The second kappa shape index (κ2) is 5.42.